The topological polar surface area (TPSA) is 66.9 Å². The molecule has 0 unspecified atom stereocenters. The van der Waals surface area contributed by atoms with Gasteiger partial charge in [0.1, 0.15) is 12.4 Å². The summed E-state index contributed by atoms with van der Waals surface area (Å²) in [5.74, 6) is -0.962. The number of alkyl halides is 6. The molecular weight excluding hydrogens is 649 g/mol. The number of para-hydroxylation sites is 1. The van der Waals surface area contributed by atoms with Crippen LogP contribution in [0.15, 0.2) is 79.0 Å². The van der Waals surface area contributed by atoms with E-state index in [9.17, 15) is 31.1 Å². The minimum absolute atomic E-state index is 0. The van der Waals surface area contributed by atoms with E-state index in [1.807, 2.05) is 4.90 Å². The number of nitrogens with one attached hydrogen (secondary N) is 1. The number of carbonyl (C=O) groups is 1. The molecule has 0 saturated carbocycles. The first-order chi connectivity index (χ1) is 20.5. The summed E-state index contributed by atoms with van der Waals surface area (Å²) < 4.78 is 86.5. The maximum Gasteiger partial charge on any atom is 0.573 e. The summed E-state index contributed by atoms with van der Waals surface area (Å²) in [5.41, 5.74) is 1.31. The third-order valence-electron chi connectivity index (χ3n) is 6.92. The summed E-state index contributed by atoms with van der Waals surface area (Å²) in [4.78, 5) is 21.1. The SMILES string of the molecule is Cl.Cl.O=C(OCCN1CCN(c2cccc(C(F)(F)F)c2)CC1)c1ccccc1Nc1ccnc2cc(OC(F)(F)F)ccc12. The van der Waals surface area contributed by atoms with Crippen LogP contribution < -0.4 is 15.0 Å². The van der Waals surface area contributed by atoms with Crippen LogP contribution in [0.5, 0.6) is 5.75 Å². The lowest BCUT2D eigenvalue weighted by Gasteiger charge is -2.36. The van der Waals surface area contributed by atoms with E-state index in [1.54, 1.807) is 36.4 Å². The molecule has 0 spiro atoms. The highest BCUT2D eigenvalue weighted by molar-refractivity contribution is 5.99. The predicted octanol–water partition coefficient (Wildman–Crippen LogP) is 7.72. The molecule has 0 atom stereocenters. The number of rotatable bonds is 8. The number of piperazine rings is 1. The first-order valence-electron chi connectivity index (χ1n) is 13.3. The van der Waals surface area contributed by atoms with Gasteiger partial charge in [0, 0.05) is 61.7 Å². The van der Waals surface area contributed by atoms with Crippen molar-refractivity contribution in [1.82, 2.24) is 9.88 Å². The zero-order valence-electron chi connectivity index (χ0n) is 23.4. The van der Waals surface area contributed by atoms with E-state index < -0.39 is 29.8 Å². The lowest BCUT2D eigenvalue weighted by atomic mass is 10.1. The normalized spacial score (nSPS) is 13.9. The number of pyridine rings is 1. The summed E-state index contributed by atoms with van der Waals surface area (Å²) in [6, 6.07) is 17.4. The van der Waals surface area contributed by atoms with Gasteiger partial charge in [0.25, 0.3) is 0 Å². The van der Waals surface area contributed by atoms with Gasteiger partial charge in [-0.25, -0.2) is 4.79 Å². The summed E-state index contributed by atoms with van der Waals surface area (Å²) in [6.07, 6.45) is -7.81. The molecule has 15 heteroatoms. The number of carbonyl (C=O) groups excluding carboxylic acids is 1. The maximum atomic E-state index is 13.1. The number of aromatic nitrogens is 1. The lowest BCUT2D eigenvalue weighted by molar-refractivity contribution is -0.274. The molecule has 1 aliphatic heterocycles. The standard InChI is InChI=1S/C30H26F6N4O3.2ClH/c31-29(32,33)20-4-3-5-21(18-20)40-14-12-39(13-15-40)16-17-42-28(41)24-6-1-2-7-25(24)38-26-10-11-37-27-19-22(8-9-23(26)27)43-30(34,35)36;;/h1-11,18-19H,12-17H2,(H,37,38);2*1H. The van der Waals surface area contributed by atoms with E-state index in [-0.39, 0.29) is 42.5 Å². The molecule has 0 radical (unpaired) electrons. The van der Waals surface area contributed by atoms with E-state index in [2.05, 4.69) is 19.9 Å². The Kier molecular flexibility index (Phi) is 11.8. The number of anilines is 3. The molecule has 4 aromatic rings. The van der Waals surface area contributed by atoms with Crippen molar-refractivity contribution in [2.45, 2.75) is 12.5 Å². The second kappa shape index (κ2) is 14.9. The summed E-state index contributed by atoms with van der Waals surface area (Å²) in [6.45, 7) is 2.82. The van der Waals surface area contributed by atoms with Crippen LogP contribution in [0.3, 0.4) is 0 Å². The Morgan fingerprint density at radius 3 is 2.29 bits per heavy atom. The van der Waals surface area contributed by atoms with Crippen molar-refractivity contribution in [3.63, 3.8) is 0 Å². The second-order valence-corrected chi connectivity index (χ2v) is 9.77. The fraction of sp³-hybridized carbons (Fsp3) is 0.267. The Balaban J connectivity index is 0.00000276. The third-order valence-corrected chi connectivity index (χ3v) is 6.92. The van der Waals surface area contributed by atoms with Crippen molar-refractivity contribution in [1.29, 1.82) is 0 Å². The first-order valence-corrected chi connectivity index (χ1v) is 13.3. The van der Waals surface area contributed by atoms with Crippen molar-refractivity contribution in [3.8, 4) is 5.75 Å². The molecule has 1 saturated heterocycles. The van der Waals surface area contributed by atoms with Gasteiger partial charge in [-0.1, -0.05) is 18.2 Å². The van der Waals surface area contributed by atoms with Crippen molar-refractivity contribution < 1.29 is 40.6 Å². The third kappa shape index (κ3) is 9.28. The molecule has 242 valence electrons. The van der Waals surface area contributed by atoms with Gasteiger partial charge >= 0.3 is 18.5 Å². The lowest BCUT2D eigenvalue weighted by Crippen LogP contribution is -2.47. The van der Waals surface area contributed by atoms with E-state index in [1.165, 1.54) is 30.5 Å². The van der Waals surface area contributed by atoms with Gasteiger partial charge in [-0.2, -0.15) is 13.2 Å². The van der Waals surface area contributed by atoms with Crippen LogP contribution in [0.4, 0.5) is 43.4 Å². The maximum absolute atomic E-state index is 13.1. The molecule has 1 N–H and O–H groups in total. The van der Waals surface area contributed by atoms with Crippen molar-refractivity contribution in [3.05, 3.63) is 90.1 Å². The molecule has 1 aromatic heterocycles. The zero-order chi connectivity index (χ0) is 30.6. The van der Waals surface area contributed by atoms with Crippen LogP contribution in [0, 0.1) is 0 Å². The Bertz CT molecular complexity index is 1600. The van der Waals surface area contributed by atoms with Crippen LogP contribution in [-0.2, 0) is 10.9 Å². The van der Waals surface area contributed by atoms with Gasteiger partial charge in [-0.05, 0) is 48.5 Å². The molecule has 0 bridgehead atoms. The van der Waals surface area contributed by atoms with Crippen LogP contribution in [0.2, 0.25) is 0 Å². The van der Waals surface area contributed by atoms with Gasteiger partial charge in [-0.3, -0.25) is 9.88 Å². The number of nitrogens with zero attached hydrogens (tertiary/aromatic N) is 3. The van der Waals surface area contributed by atoms with Gasteiger partial charge in [0.15, 0.2) is 0 Å². The molecule has 1 aliphatic rings. The van der Waals surface area contributed by atoms with Gasteiger partial charge < -0.3 is 19.7 Å². The Hall–Kier alpha value is -3.94. The number of fused-ring (bicyclic) bond motifs is 1. The van der Waals surface area contributed by atoms with Gasteiger partial charge in [-0.15, -0.1) is 38.0 Å². The minimum atomic E-state index is -4.83. The van der Waals surface area contributed by atoms with E-state index in [0.717, 1.165) is 12.1 Å². The number of hydrogen-bond acceptors (Lipinski definition) is 7. The highest BCUT2D eigenvalue weighted by Gasteiger charge is 2.32. The highest BCUT2D eigenvalue weighted by atomic mass is 35.5. The molecule has 3 aromatic carbocycles. The Labute approximate surface area is 266 Å². The predicted molar refractivity (Wildman–Crippen MR) is 163 cm³/mol. The molecule has 5 rings (SSSR count). The molecule has 0 amide bonds. The van der Waals surface area contributed by atoms with Crippen LogP contribution in [0.25, 0.3) is 10.9 Å². The molecule has 1 fully saturated rings. The first kappa shape index (κ1) is 35.5. The molecular formula is C30H28Cl2F6N4O3. The number of ether oxygens (including phenoxy) is 2. The molecule has 7 nitrogen and oxygen atoms in total. The summed E-state index contributed by atoms with van der Waals surface area (Å²) >= 11 is 0. The molecule has 0 aliphatic carbocycles. The molecule has 2 heterocycles. The largest absolute Gasteiger partial charge is 0.573 e. The number of benzene rings is 3. The summed E-state index contributed by atoms with van der Waals surface area (Å²) in [7, 11) is 0. The number of esters is 1. The van der Waals surface area contributed by atoms with Crippen LogP contribution in [0.1, 0.15) is 15.9 Å². The van der Waals surface area contributed by atoms with E-state index in [0.29, 0.717) is 55.2 Å². The van der Waals surface area contributed by atoms with Gasteiger partial charge in [0.05, 0.1) is 22.3 Å². The summed E-state index contributed by atoms with van der Waals surface area (Å²) in [5, 5.41) is 3.67. The van der Waals surface area contributed by atoms with E-state index >= 15 is 0 Å². The fourth-order valence-corrected chi connectivity index (χ4v) is 4.80. The number of hydrogen-bond donors (Lipinski definition) is 1. The van der Waals surface area contributed by atoms with Crippen molar-refractivity contribution in [2.75, 3.05) is 49.5 Å². The second-order valence-electron chi connectivity index (χ2n) is 9.77. The Morgan fingerprint density at radius 2 is 1.58 bits per heavy atom. The average Bonchev–Trinajstić information content (AvgIpc) is 2.96. The quantitative estimate of drug-likeness (QED) is 0.151. The smallest absolute Gasteiger partial charge is 0.461 e. The monoisotopic (exact) mass is 676 g/mol. The molecule has 45 heavy (non-hydrogen) atoms. The van der Waals surface area contributed by atoms with E-state index in [4.69, 9.17) is 4.74 Å². The Morgan fingerprint density at radius 1 is 0.844 bits per heavy atom. The average molecular weight is 677 g/mol. The van der Waals surface area contributed by atoms with Crippen LogP contribution in [-0.4, -0.2) is 61.5 Å². The van der Waals surface area contributed by atoms with Crippen molar-refractivity contribution in [2.24, 2.45) is 0 Å². The van der Waals surface area contributed by atoms with Gasteiger partial charge in [0.2, 0.25) is 0 Å². The van der Waals surface area contributed by atoms with Crippen molar-refractivity contribution >= 4 is 58.7 Å². The fourth-order valence-electron chi connectivity index (χ4n) is 4.80. The highest BCUT2D eigenvalue weighted by Crippen LogP contribution is 2.33. The number of halogens is 8. The van der Waals surface area contributed by atoms with Crippen LogP contribution >= 0.6 is 24.8 Å². The zero-order valence-corrected chi connectivity index (χ0v) is 25.0. The minimum Gasteiger partial charge on any atom is -0.461 e.